The Bertz CT molecular complexity index is 449. The number of nitrogens with two attached hydrogens (primary N) is 1. The Morgan fingerprint density at radius 3 is 2.39 bits per heavy atom. The molecule has 0 fully saturated rings. The second-order valence-electron chi connectivity index (χ2n) is 4.75. The van der Waals surface area contributed by atoms with Gasteiger partial charge in [-0.15, -0.1) is 0 Å². The molecule has 0 aliphatic rings. The highest BCUT2D eigenvalue weighted by atomic mass is 19.2. The van der Waals surface area contributed by atoms with E-state index in [0.29, 0.717) is 5.56 Å². The molecule has 5 heteroatoms. The van der Waals surface area contributed by atoms with Crippen LogP contribution in [0.2, 0.25) is 0 Å². The van der Waals surface area contributed by atoms with E-state index < -0.39 is 23.0 Å². The van der Waals surface area contributed by atoms with Crippen LogP contribution in [0.3, 0.4) is 0 Å². The first kappa shape index (κ1) is 14.6. The van der Waals surface area contributed by atoms with Gasteiger partial charge in [0, 0.05) is 6.54 Å². The largest absolute Gasteiger partial charge is 0.481 e. The topological polar surface area (TPSA) is 63.3 Å². The standard InChI is InChI=1S/C13H17F2NO2/c1-8(2)13(7-16,12(17)18)6-9-3-4-10(14)11(15)5-9/h3-5,8H,6-7,16H2,1-2H3,(H,17,18). The molecular weight excluding hydrogens is 240 g/mol. The van der Waals surface area contributed by atoms with E-state index in [1.54, 1.807) is 13.8 Å². The van der Waals surface area contributed by atoms with Crippen molar-refractivity contribution in [3.63, 3.8) is 0 Å². The molecule has 0 saturated heterocycles. The monoisotopic (exact) mass is 257 g/mol. The number of carboxylic acids is 1. The molecule has 1 rings (SSSR count). The van der Waals surface area contributed by atoms with E-state index in [1.165, 1.54) is 6.07 Å². The smallest absolute Gasteiger partial charge is 0.311 e. The van der Waals surface area contributed by atoms with Gasteiger partial charge in [-0.2, -0.15) is 0 Å². The summed E-state index contributed by atoms with van der Waals surface area (Å²) in [4.78, 5) is 11.4. The van der Waals surface area contributed by atoms with E-state index in [-0.39, 0.29) is 18.9 Å². The molecule has 3 nitrogen and oxygen atoms in total. The number of benzene rings is 1. The van der Waals surface area contributed by atoms with E-state index in [0.717, 1.165) is 12.1 Å². The first-order valence-corrected chi connectivity index (χ1v) is 5.71. The van der Waals surface area contributed by atoms with Crippen LogP contribution < -0.4 is 5.73 Å². The van der Waals surface area contributed by atoms with Gasteiger partial charge < -0.3 is 10.8 Å². The molecule has 0 aliphatic carbocycles. The van der Waals surface area contributed by atoms with Gasteiger partial charge in [-0.3, -0.25) is 4.79 Å². The van der Waals surface area contributed by atoms with Crippen LogP contribution >= 0.6 is 0 Å². The number of carbonyl (C=O) groups is 1. The molecule has 0 spiro atoms. The minimum Gasteiger partial charge on any atom is -0.481 e. The van der Waals surface area contributed by atoms with Gasteiger partial charge in [0.05, 0.1) is 5.41 Å². The van der Waals surface area contributed by atoms with Crippen LogP contribution in [0, 0.1) is 23.0 Å². The molecule has 1 aromatic carbocycles. The van der Waals surface area contributed by atoms with E-state index in [4.69, 9.17) is 5.73 Å². The first-order valence-electron chi connectivity index (χ1n) is 5.71. The third-order valence-electron chi connectivity index (χ3n) is 3.40. The predicted molar refractivity (Wildman–Crippen MR) is 64.0 cm³/mol. The van der Waals surface area contributed by atoms with Crippen LogP contribution in [-0.4, -0.2) is 17.6 Å². The highest BCUT2D eigenvalue weighted by Crippen LogP contribution is 2.31. The summed E-state index contributed by atoms with van der Waals surface area (Å²) in [5.41, 5.74) is 4.84. The number of hydrogen-bond donors (Lipinski definition) is 2. The Hall–Kier alpha value is -1.49. The van der Waals surface area contributed by atoms with Crippen molar-refractivity contribution in [3.05, 3.63) is 35.4 Å². The van der Waals surface area contributed by atoms with Gasteiger partial charge in [0.25, 0.3) is 0 Å². The summed E-state index contributed by atoms with van der Waals surface area (Å²) in [6.07, 6.45) is 0.0771. The van der Waals surface area contributed by atoms with E-state index in [2.05, 4.69) is 0 Å². The maximum atomic E-state index is 13.1. The van der Waals surface area contributed by atoms with Gasteiger partial charge in [-0.05, 0) is 30.0 Å². The summed E-state index contributed by atoms with van der Waals surface area (Å²) in [6.45, 7) is 3.45. The molecule has 0 radical (unpaired) electrons. The highest BCUT2D eigenvalue weighted by Gasteiger charge is 2.40. The minimum atomic E-state index is -1.16. The molecule has 18 heavy (non-hydrogen) atoms. The van der Waals surface area contributed by atoms with Crippen LogP contribution in [0.15, 0.2) is 18.2 Å². The van der Waals surface area contributed by atoms with Gasteiger partial charge >= 0.3 is 5.97 Å². The second-order valence-corrected chi connectivity index (χ2v) is 4.75. The van der Waals surface area contributed by atoms with Gasteiger partial charge in [0.2, 0.25) is 0 Å². The lowest BCUT2D eigenvalue weighted by Gasteiger charge is -2.32. The van der Waals surface area contributed by atoms with Crippen molar-refractivity contribution in [2.75, 3.05) is 6.54 Å². The van der Waals surface area contributed by atoms with Crippen LogP contribution in [0.25, 0.3) is 0 Å². The lowest BCUT2D eigenvalue weighted by atomic mass is 9.72. The normalized spacial score (nSPS) is 14.6. The third kappa shape index (κ3) is 2.67. The van der Waals surface area contributed by atoms with E-state index in [1.807, 2.05) is 0 Å². The number of aliphatic carboxylic acids is 1. The van der Waals surface area contributed by atoms with Gasteiger partial charge in [0.15, 0.2) is 11.6 Å². The Morgan fingerprint density at radius 2 is 2.00 bits per heavy atom. The number of rotatable bonds is 5. The van der Waals surface area contributed by atoms with Crippen molar-refractivity contribution >= 4 is 5.97 Å². The molecule has 100 valence electrons. The van der Waals surface area contributed by atoms with E-state index in [9.17, 15) is 18.7 Å². The zero-order valence-electron chi connectivity index (χ0n) is 10.4. The highest BCUT2D eigenvalue weighted by molar-refractivity contribution is 5.75. The van der Waals surface area contributed by atoms with Crippen molar-refractivity contribution in [2.45, 2.75) is 20.3 Å². The van der Waals surface area contributed by atoms with Crippen LogP contribution in [0.5, 0.6) is 0 Å². The fourth-order valence-electron chi connectivity index (χ4n) is 1.94. The van der Waals surface area contributed by atoms with Crippen molar-refractivity contribution < 1.29 is 18.7 Å². The average Bonchev–Trinajstić information content (AvgIpc) is 2.29. The number of carboxylic acid groups (broad SMARTS) is 1. The Balaban J connectivity index is 3.10. The molecule has 0 aromatic heterocycles. The lowest BCUT2D eigenvalue weighted by molar-refractivity contribution is -0.151. The fourth-order valence-corrected chi connectivity index (χ4v) is 1.94. The molecule has 0 aliphatic heterocycles. The van der Waals surface area contributed by atoms with Crippen molar-refractivity contribution in [3.8, 4) is 0 Å². The van der Waals surface area contributed by atoms with Crippen molar-refractivity contribution in [1.29, 1.82) is 0 Å². The summed E-state index contributed by atoms with van der Waals surface area (Å²) >= 11 is 0. The van der Waals surface area contributed by atoms with Crippen molar-refractivity contribution in [2.24, 2.45) is 17.1 Å². The summed E-state index contributed by atoms with van der Waals surface area (Å²) < 4.78 is 25.9. The molecule has 1 aromatic rings. The van der Waals surface area contributed by atoms with Gasteiger partial charge in [-0.25, -0.2) is 8.78 Å². The zero-order valence-corrected chi connectivity index (χ0v) is 10.4. The fraction of sp³-hybridized carbons (Fsp3) is 0.462. The maximum absolute atomic E-state index is 13.1. The molecule has 0 bridgehead atoms. The number of hydrogen-bond acceptors (Lipinski definition) is 2. The van der Waals surface area contributed by atoms with E-state index >= 15 is 0 Å². The molecule has 0 amide bonds. The summed E-state index contributed by atoms with van der Waals surface area (Å²) in [5.74, 6) is -3.16. The molecular formula is C13H17F2NO2. The predicted octanol–water partition coefficient (Wildman–Crippen LogP) is 2.19. The van der Waals surface area contributed by atoms with Crippen LogP contribution in [0.4, 0.5) is 8.78 Å². The Labute approximate surface area is 105 Å². The van der Waals surface area contributed by atoms with Crippen LogP contribution in [-0.2, 0) is 11.2 Å². The second kappa shape index (κ2) is 5.44. The van der Waals surface area contributed by atoms with Crippen LogP contribution in [0.1, 0.15) is 19.4 Å². The average molecular weight is 257 g/mol. The van der Waals surface area contributed by atoms with Gasteiger partial charge in [0.1, 0.15) is 0 Å². The molecule has 1 atom stereocenters. The molecule has 3 N–H and O–H groups in total. The summed E-state index contributed by atoms with van der Waals surface area (Å²) in [6, 6.07) is 3.40. The third-order valence-corrected chi connectivity index (χ3v) is 3.40. The van der Waals surface area contributed by atoms with Crippen molar-refractivity contribution in [1.82, 2.24) is 0 Å². The first-order chi connectivity index (χ1) is 8.33. The Kier molecular flexibility index (Phi) is 4.40. The molecule has 1 unspecified atom stereocenters. The molecule has 0 heterocycles. The number of halogens is 2. The SMILES string of the molecule is CC(C)C(CN)(Cc1ccc(F)c(F)c1)C(=O)O. The summed E-state index contributed by atoms with van der Waals surface area (Å²) in [5, 5.41) is 9.33. The quantitative estimate of drug-likeness (QED) is 0.850. The maximum Gasteiger partial charge on any atom is 0.311 e. The Morgan fingerprint density at radius 1 is 1.39 bits per heavy atom. The zero-order chi connectivity index (χ0) is 13.9. The van der Waals surface area contributed by atoms with Gasteiger partial charge in [-0.1, -0.05) is 19.9 Å². The minimum absolute atomic E-state index is 0.0566. The molecule has 0 saturated carbocycles. The lowest BCUT2D eigenvalue weighted by Crippen LogP contribution is -2.45. The summed E-state index contributed by atoms with van der Waals surface area (Å²) in [7, 11) is 0.